The number of fused-ring (bicyclic) bond motifs is 1. The quantitative estimate of drug-likeness (QED) is 0.106. The molecule has 6 rings (SSSR count). The van der Waals surface area contributed by atoms with Gasteiger partial charge in [0.05, 0.1) is 17.3 Å². The molecule has 1 aliphatic carbocycles. The number of ether oxygens (including phenoxy) is 1. The summed E-state index contributed by atoms with van der Waals surface area (Å²) < 4.78 is 5.76. The van der Waals surface area contributed by atoms with Crippen LogP contribution in [0, 0.1) is 11.8 Å². The highest BCUT2D eigenvalue weighted by Crippen LogP contribution is 2.31. The number of hydrogen-bond donors (Lipinski definition) is 6. The number of phenols is 1. The van der Waals surface area contributed by atoms with Gasteiger partial charge in [-0.25, -0.2) is 4.79 Å². The molecule has 51 heavy (non-hydrogen) atoms. The minimum atomic E-state index is -0.788. The highest BCUT2D eigenvalue weighted by Gasteiger charge is 2.25. The number of aromatic nitrogens is 1. The second-order valence-corrected chi connectivity index (χ2v) is 13.9. The summed E-state index contributed by atoms with van der Waals surface area (Å²) in [5.74, 6) is 0.930. The number of benzene rings is 3. The van der Waals surface area contributed by atoms with Crippen LogP contribution in [0.3, 0.4) is 0 Å². The molecule has 4 aromatic rings. The number of aliphatic hydroxyl groups is 1. The van der Waals surface area contributed by atoms with Crippen molar-refractivity contribution in [1.29, 1.82) is 0 Å². The van der Waals surface area contributed by atoms with Gasteiger partial charge < -0.3 is 35.5 Å². The third-order valence-electron chi connectivity index (χ3n) is 10.2. The Hall–Kier alpha value is -4.71. The topological polar surface area (TPSA) is 156 Å². The van der Waals surface area contributed by atoms with Crippen LogP contribution in [-0.4, -0.2) is 77.5 Å². The Morgan fingerprint density at radius 3 is 2.45 bits per heavy atom. The lowest BCUT2D eigenvalue weighted by molar-refractivity contribution is -0.121. The number of nitrogens with zero attached hydrogens (tertiary/aromatic N) is 1. The van der Waals surface area contributed by atoms with Crippen molar-refractivity contribution in [1.82, 2.24) is 20.5 Å². The first kappa shape index (κ1) is 36.1. The van der Waals surface area contributed by atoms with Crippen LogP contribution < -0.4 is 21.5 Å². The number of likely N-dealkylation sites (tertiary alicyclic amines) is 1. The zero-order valence-electron chi connectivity index (χ0n) is 29.0. The van der Waals surface area contributed by atoms with Gasteiger partial charge in [-0.2, -0.15) is 0 Å². The number of anilines is 1. The Kier molecular flexibility index (Phi) is 12.4. The Labute approximate surface area is 298 Å². The fourth-order valence-electron chi connectivity index (χ4n) is 7.47. The van der Waals surface area contributed by atoms with Crippen LogP contribution in [0.1, 0.15) is 56.6 Å². The smallest absolute Gasteiger partial charge is 0.411 e. The first-order valence-corrected chi connectivity index (χ1v) is 18.2. The molecule has 2 fully saturated rings. The molecule has 2 aliphatic rings. The summed E-state index contributed by atoms with van der Waals surface area (Å²) in [6.45, 7) is 4.04. The molecule has 6 N–H and O–H groups in total. The largest absolute Gasteiger partial charge is 0.506 e. The summed E-state index contributed by atoms with van der Waals surface area (Å²) in [7, 11) is 0. The van der Waals surface area contributed by atoms with E-state index in [1.54, 1.807) is 12.1 Å². The first-order valence-electron chi connectivity index (χ1n) is 18.2. The molecule has 11 heteroatoms. The molecule has 0 bridgehead atoms. The number of carbonyl (C=O) groups excluding carboxylic acids is 2. The molecule has 1 saturated carbocycles. The van der Waals surface area contributed by atoms with E-state index in [1.807, 2.05) is 54.6 Å². The van der Waals surface area contributed by atoms with Gasteiger partial charge in [0.2, 0.25) is 11.5 Å². The van der Waals surface area contributed by atoms with Gasteiger partial charge in [-0.05, 0) is 79.8 Å². The fourth-order valence-corrected chi connectivity index (χ4v) is 7.47. The van der Waals surface area contributed by atoms with Crippen molar-refractivity contribution >= 4 is 28.6 Å². The van der Waals surface area contributed by atoms with Crippen molar-refractivity contribution in [3.05, 3.63) is 94.8 Å². The maximum Gasteiger partial charge on any atom is 0.411 e. The molecule has 0 spiro atoms. The lowest BCUT2D eigenvalue weighted by Crippen LogP contribution is -2.40. The highest BCUT2D eigenvalue weighted by molar-refractivity contribution is 5.91. The number of H-pyrrole nitrogens is 1. The number of pyridine rings is 1. The summed E-state index contributed by atoms with van der Waals surface area (Å²) >= 11 is 0. The van der Waals surface area contributed by atoms with E-state index in [-0.39, 0.29) is 23.3 Å². The predicted molar refractivity (Wildman–Crippen MR) is 199 cm³/mol. The molecule has 2 heterocycles. The summed E-state index contributed by atoms with van der Waals surface area (Å²) in [5.41, 5.74) is 3.36. The van der Waals surface area contributed by atoms with Crippen molar-refractivity contribution < 1.29 is 24.5 Å². The fraction of sp³-hybridized carbons (Fsp3) is 0.425. The monoisotopic (exact) mass is 695 g/mol. The van der Waals surface area contributed by atoms with Crippen LogP contribution in [-0.2, 0) is 9.53 Å². The molecule has 3 aromatic carbocycles. The predicted octanol–water partition coefficient (Wildman–Crippen LogP) is 5.55. The Bertz CT molecular complexity index is 1820. The average Bonchev–Trinajstić information content (AvgIpc) is 3.15. The summed E-state index contributed by atoms with van der Waals surface area (Å²) in [5, 5.41) is 31.1. The number of carbonyl (C=O) groups is 2. The van der Waals surface area contributed by atoms with E-state index in [0.717, 1.165) is 75.0 Å². The molecule has 270 valence electrons. The number of piperidine rings is 1. The van der Waals surface area contributed by atoms with E-state index in [9.17, 15) is 24.6 Å². The number of phenolic OH excluding ortho intramolecular Hbond substituents is 1. The van der Waals surface area contributed by atoms with Crippen molar-refractivity contribution in [2.75, 3.05) is 44.6 Å². The Morgan fingerprint density at radius 2 is 1.65 bits per heavy atom. The molecule has 11 nitrogen and oxygen atoms in total. The van der Waals surface area contributed by atoms with Crippen molar-refractivity contribution in [2.24, 2.45) is 11.8 Å². The molecule has 2 unspecified atom stereocenters. The minimum Gasteiger partial charge on any atom is -0.506 e. The lowest BCUT2D eigenvalue weighted by atomic mass is 9.81. The average molecular weight is 696 g/mol. The van der Waals surface area contributed by atoms with Crippen LogP contribution >= 0.6 is 0 Å². The highest BCUT2D eigenvalue weighted by atomic mass is 16.6. The van der Waals surface area contributed by atoms with Crippen molar-refractivity contribution in [3.63, 3.8) is 0 Å². The zero-order valence-corrected chi connectivity index (χ0v) is 29.0. The molecular weight excluding hydrogens is 646 g/mol. The van der Waals surface area contributed by atoms with Gasteiger partial charge in [-0.1, -0.05) is 61.0 Å². The maximum absolute atomic E-state index is 12.7. The molecular formula is C40H49N5O6. The number of hydrogen-bond acceptors (Lipinski definition) is 8. The number of nitrogens with one attached hydrogen (secondary N) is 4. The summed E-state index contributed by atoms with van der Waals surface area (Å²) in [4.78, 5) is 42.1. The lowest BCUT2D eigenvalue weighted by Gasteiger charge is -2.32. The summed E-state index contributed by atoms with van der Waals surface area (Å²) in [6.07, 6.45) is 4.85. The van der Waals surface area contributed by atoms with Crippen LogP contribution in [0.4, 0.5) is 10.5 Å². The zero-order chi connectivity index (χ0) is 35.6. The van der Waals surface area contributed by atoms with Gasteiger partial charge >= 0.3 is 6.09 Å². The third kappa shape index (κ3) is 9.96. The molecule has 2 amide bonds. The maximum atomic E-state index is 12.7. The Morgan fingerprint density at radius 1 is 0.902 bits per heavy atom. The van der Waals surface area contributed by atoms with Crippen LogP contribution in [0.5, 0.6) is 5.75 Å². The van der Waals surface area contributed by atoms with Crippen molar-refractivity contribution in [3.8, 4) is 16.9 Å². The third-order valence-corrected chi connectivity index (χ3v) is 10.2. The number of aromatic hydroxyl groups is 1. The molecule has 1 aliphatic heterocycles. The van der Waals surface area contributed by atoms with Gasteiger partial charge in [-0.15, -0.1) is 0 Å². The molecule has 3 atom stereocenters. The van der Waals surface area contributed by atoms with E-state index in [4.69, 9.17) is 4.74 Å². The van der Waals surface area contributed by atoms with Crippen LogP contribution in [0.2, 0.25) is 0 Å². The summed E-state index contributed by atoms with van der Waals surface area (Å²) in [6, 6.07) is 23.8. The molecule has 1 saturated heterocycles. The molecule has 0 radical (unpaired) electrons. The van der Waals surface area contributed by atoms with E-state index < -0.39 is 12.2 Å². The minimum absolute atomic E-state index is 0.0256. The SMILES string of the molecule is O=C(CCN1CCC(OC(=O)Nc2ccccc2-c2ccccc2)CC1)NCC1CCCC(CNC[C@H](O)c2ccc(O)c3[nH]c(=O)ccc23)C1. The van der Waals surface area contributed by atoms with E-state index in [2.05, 4.69) is 25.8 Å². The van der Waals surface area contributed by atoms with Gasteiger partial charge in [0.25, 0.3) is 0 Å². The number of aliphatic hydroxyl groups excluding tert-OH is 1. The van der Waals surface area contributed by atoms with E-state index in [0.29, 0.717) is 54.4 Å². The first-order chi connectivity index (χ1) is 24.8. The van der Waals surface area contributed by atoms with Crippen molar-refractivity contribution in [2.45, 2.75) is 57.2 Å². The standard InChI is InChI=1S/C40H49N5O6/c46-35-15-13-32(33-14-16-38(49)44-39(33)35)36(47)26-41-24-27-7-6-8-28(23-27)25-42-37(48)19-22-45-20-17-30(18-21-45)51-40(50)43-34-12-5-4-11-31(34)29-9-2-1-3-10-29/h1-5,9-16,27-28,30,36,41,46-47H,6-8,17-26H2,(H,42,48)(H,43,50)(H,44,49)/t27?,28?,36-/m0/s1. The number of para-hydroxylation sites is 1. The van der Waals surface area contributed by atoms with Gasteiger partial charge in [0.15, 0.2) is 0 Å². The number of aromatic amines is 1. The number of rotatable bonds is 13. The second-order valence-electron chi connectivity index (χ2n) is 13.9. The molecule has 1 aromatic heterocycles. The van der Waals surface area contributed by atoms with Gasteiger partial charge in [0, 0.05) is 56.2 Å². The van der Waals surface area contributed by atoms with Gasteiger partial charge in [-0.3, -0.25) is 14.9 Å². The van der Waals surface area contributed by atoms with E-state index in [1.165, 1.54) is 12.1 Å². The second kappa shape index (κ2) is 17.5. The van der Waals surface area contributed by atoms with Crippen LogP contribution in [0.15, 0.2) is 83.7 Å². The Balaban J connectivity index is 0.854. The normalized spacial score (nSPS) is 19.0. The van der Waals surface area contributed by atoms with E-state index >= 15 is 0 Å². The number of amides is 2. The van der Waals surface area contributed by atoms with Gasteiger partial charge in [0.1, 0.15) is 11.9 Å². The van der Waals surface area contributed by atoms with Crippen LogP contribution in [0.25, 0.3) is 22.0 Å².